The van der Waals surface area contributed by atoms with Crippen molar-refractivity contribution >= 4 is 17.5 Å². The molecular formula is C24H33ClN4O. The molecule has 1 aromatic carbocycles. The zero-order valence-corrected chi connectivity index (χ0v) is 18.9. The predicted octanol–water partition coefficient (Wildman–Crippen LogP) is 3.58. The van der Waals surface area contributed by atoms with E-state index in [2.05, 4.69) is 26.9 Å². The third-order valence-corrected chi connectivity index (χ3v) is 6.02. The molecule has 2 aromatic rings. The predicted molar refractivity (Wildman–Crippen MR) is 123 cm³/mol. The second-order valence-corrected chi connectivity index (χ2v) is 8.93. The highest BCUT2D eigenvalue weighted by atomic mass is 35.5. The van der Waals surface area contributed by atoms with Crippen LogP contribution in [-0.2, 0) is 17.8 Å². The topological polar surface area (TPSA) is 39.7 Å². The van der Waals surface area contributed by atoms with Crippen LogP contribution in [0, 0.1) is 5.92 Å². The summed E-state index contributed by atoms with van der Waals surface area (Å²) in [4.78, 5) is 23.3. The fourth-order valence-electron chi connectivity index (χ4n) is 4.14. The first-order chi connectivity index (χ1) is 14.5. The van der Waals surface area contributed by atoms with Crippen molar-refractivity contribution in [2.24, 2.45) is 5.92 Å². The molecule has 1 aliphatic rings. The average Bonchev–Trinajstić information content (AvgIpc) is 2.74. The molecule has 1 aromatic heterocycles. The van der Waals surface area contributed by atoms with Gasteiger partial charge in [0.1, 0.15) is 0 Å². The minimum atomic E-state index is 0.180. The van der Waals surface area contributed by atoms with Crippen LogP contribution in [0.4, 0.5) is 0 Å². The number of amides is 1. The number of rotatable bonds is 9. The standard InChI is InChI=1S/C24H33ClN4O/c1-27(16-21-5-3-12-26-15-21)19-24(30)28(2)17-22-6-4-13-29(18-22)14-11-20-7-9-23(25)10-8-20/h3,5,7-10,12,15,22H,4,6,11,13-14,16-19H2,1-2H3/t22-/m0/s1. The van der Waals surface area contributed by atoms with E-state index >= 15 is 0 Å². The molecule has 1 fully saturated rings. The molecular weight excluding hydrogens is 396 g/mol. The number of aromatic nitrogens is 1. The van der Waals surface area contributed by atoms with Gasteiger partial charge >= 0.3 is 0 Å². The van der Waals surface area contributed by atoms with Crippen molar-refractivity contribution in [3.8, 4) is 0 Å². The number of nitrogens with zero attached hydrogens (tertiary/aromatic N) is 4. The van der Waals surface area contributed by atoms with Gasteiger partial charge in [0, 0.05) is 50.6 Å². The summed E-state index contributed by atoms with van der Waals surface area (Å²) < 4.78 is 0. The number of pyridine rings is 1. The number of halogens is 1. The van der Waals surface area contributed by atoms with Crippen LogP contribution in [-0.4, -0.2) is 72.4 Å². The van der Waals surface area contributed by atoms with Gasteiger partial charge in [-0.15, -0.1) is 0 Å². The normalized spacial score (nSPS) is 17.3. The lowest BCUT2D eigenvalue weighted by Gasteiger charge is -2.35. The average molecular weight is 429 g/mol. The second-order valence-electron chi connectivity index (χ2n) is 8.49. The van der Waals surface area contributed by atoms with Gasteiger partial charge in [-0.2, -0.15) is 0 Å². The molecule has 0 unspecified atom stereocenters. The highest BCUT2D eigenvalue weighted by Gasteiger charge is 2.23. The molecule has 1 aliphatic heterocycles. The van der Waals surface area contributed by atoms with E-state index in [9.17, 15) is 4.79 Å². The van der Waals surface area contributed by atoms with Crippen LogP contribution in [0.5, 0.6) is 0 Å². The van der Waals surface area contributed by atoms with E-state index in [4.69, 9.17) is 11.6 Å². The van der Waals surface area contributed by atoms with E-state index in [0.717, 1.165) is 49.7 Å². The molecule has 0 spiro atoms. The van der Waals surface area contributed by atoms with Crippen LogP contribution in [0.25, 0.3) is 0 Å². The summed E-state index contributed by atoms with van der Waals surface area (Å²) in [6.45, 7) is 5.26. The van der Waals surface area contributed by atoms with Gasteiger partial charge in [-0.3, -0.25) is 14.7 Å². The van der Waals surface area contributed by atoms with E-state index < -0.39 is 0 Å². The Morgan fingerprint density at radius 1 is 1.20 bits per heavy atom. The Morgan fingerprint density at radius 2 is 2.00 bits per heavy atom. The third kappa shape index (κ3) is 7.38. The number of hydrogen-bond acceptors (Lipinski definition) is 4. The molecule has 3 rings (SSSR count). The van der Waals surface area contributed by atoms with Crippen LogP contribution in [0.3, 0.4) is 0 Å². The quantitative estimate of drug-likeness (QED) is 0.612. The summed E-state index contributed by atoms with van der Waals surface area (Å²) in [5.74, 6) is 0.723. The Hall–Kier alpha value is -1.95. The Bertz CT molecular complexity index is 784. The lowest BCUT2D eigenvalue weighted by molar-refractivity contribution is -0.131. The monoisotopic (exact) mass is 428 g/mol. The Morgan fingerprint density at radius 3 is 2.73 bits per heavy atom. The SMILES string of the molecule is CN(CC(=O)N(C)C[C@@H]1CCCN(CCc2ccc(Cl)cc2)C1)Cc1cccnc1. The smallest absolute Gasteiger partial charge is 0.236 e. The summed E-state index contributed by atoms with van der Waals surface area (Å²) in [5.41, 5.74) is 2.45. The fourth-order valence-corrected chi connectivity index (χ4v) is 4.27. The van der Waals surface area contributed by atoms with Gasteiger partial charge in [-0.25, -0.2) is 0 Å². The second kappa shape index (κ2) is 11.4. The first-order valence-corrected chi connectivity index (χ1v) is 11.2. The Labute approximate surface area is 185 Å². The molecule has 5 nitrogen and oxygen atoms in total. The Balaban J connectivity index is 1.40. The summed E-state index contributed by atoms with van der Waals surface area (Å²) in [6.07, 6.45) is 7.06. The van der Waals surface area contributed by atoms with Gasteiger partial charge in [-0.05, 0) is 68.1 Å². The summed E-state index contributed by atoms with van der Waals surface area (Å²) in [7, 11) is 3.92. The van der Waals surface area contributed by atoms with Crippen molar-refractivity contribution in [3.63, 3.8) is 0 Å². The maximum Gasteiger partial charge on any atom is 0.236 e. The van der Waals surface area contributed by atoms with E-state index in [-0.39, 0.29) is 5.91 Å². The minimum absolute atomic E-state index is 0.180. The van der Waals surface area contributed by atoms with E-state index in [0.29, 0.717) is 12.5 Å². The summed E-state index contributed by atoms with van der Waals surface area (Å²) in [5, 5.41) is 0.788. The third-order valence-electron chi connectivity index (χ3n) is 5.77. The molecule has 2 heterocycles. The van der Waals surface area contributed by atoms with Crippen molar-refractivity contribution in [1.82, 2.24) is 19.7 Å². The maximum absolute atomic E-state index is 12.7. The highest BCUT2D eigenvalue weighted by Crippen LogP contribution is 2.18. The molecule has 0 radical (unpaired) electrons. The highest BCUT2D eigenvalue weighted by molar-refractivity contribution is 6.30. The maximum atomic E-state index is 12.7. The van der Waals surface area contributed by atoms with Gasteiger partial charge < -0.3 is 9.80 Å². The molecule has 1 saturated heterocycles. The van der Waals surface area contributed by atoms with Crippen molar-refractivity contribution in [2.45, 2.75) is 25.8 Å². The molecule has 162 valence electrons. The van der Waals surface area contributed by atoms with E-state index in [1.54, 1.807) is 6.20 Å². The number of carbonyl (C=O) groups excluding carboxylic acids is 1. The molecule has 30 heavy (non-hydrogen) atoms. The number of benzene rings is 1. The lowest BCUT2D eigenvalue weighted by atomic mass is 9.97. The zero-order chi connectivity index (χ0) is 21.3. The van der Waals surface area contributed by atoms with Gasteiger partial charge in [0.05, 0.1) is 6.54 Å². The molecule has 0 aliphatic carbocycles. The van der Waals surface area contributed by atoms with E-state index in [1.165, 1.54) is 18.4 Å². The van der Waals surface area contributed by atoms with Crippen molar-refractivity contribution in [3.05, 3.63) is 64.9 Å². The van der Waals surface area contributed by atoms with Crippen molar-refractivity contribution in [1.29, 1.82) is 0 Å². The molecule has 1 atom stereocenters. The van der Waals surface area contributed by atoms with Crippen LogP contribution in [0.2, 0.25) is 5.02 Å². The minimum Gasteiger partial charge on any atom is -0.344 e. The van der Waals surface area contributed by atoms with Gasteiger partial charge in [0.15, 0.2) is 0 Å². The molecule has 1 amide bonds. The number of likely N-dealkylation sites (N-methyl/N-ethyl adjacent to an activating group) is 2. The Kier molecular flexibility index (Phi) is 8.67. The zero-order valence-electron chi connectivity index (χ0n) is 18.1. The van der Waals surface area contributed by atoms with Crippen LogP contribution in [0.1, 0.15) is 24.0 Å². The largest absolute Gasteiger partial charge is 0.344 e. The first kappa shape index (κ1) is 22.7. The van der Waals surface area contributed by atoms with Gasteiger partial charge in [-0.1, -0.05) is 29.8 Å². The van der Waals surface area contributed by atoms with Crippen LogP contribution < -0.4 is 0 Å². The number of piperidine rings is 1. The van der Waals surface area contributed by atoms with Gasteiger partial charge in [0.2, 0.25) is 5.91 Å². The van der Waals surface area contributed by atoms with E-state index in [1.807, 2.05) is 49.5 Å². The fraction of sp³-hybridized carbons (Fsp3) is 0.500. The lowest BCUT2D eigenvalue weighted by Crippen LogP contribution is -2.44. The van der Waals surface area contributed by atoms with Crippen LogP contribution >= 0.6 is 11.6 Å². The summed E-state index contributed by atoms with van der Waals surface area (Å²) >= 11 is 5.98. The molecule has 0 bridgehead atoms. The van der Waals surface area contributed by atoms with Gasteiger partial charge in [0.25, 0.3) is 0 Å². The molecule has 0 saturated carbocycles. The van der Waals surface area contributed by atoms with Crippen molar-refractivity contribution < 1.29 is 4.79 Å². The summed E-state index contributed by atoms with van der Waals surface area (Å²) in [6, 6.07) is 12.1. The molecule has 6 heteroatoms. The number of likely N-dealkylation sites (tertiary alicyclic amines) is 1. The van der Waals surface area contributed by atoms with Crippen molar-refractivity contribution in [2.75, 3.05) is 46.8 Å². The first-order valence-electron chi connectivity index (χ1n) is 10.8. The number of hydrogen-bond donors (Lipinski definition) is 0. The molecule has 0 N–H and O–H groups in total. The van der Waals surface area contributed by atoms with Crippen LogP contribution in [0.15, 0.2) is 48.8 Å². The number of carbonyl (C=O) groups is 1.